The van der Waals surface area contributed by atoms with E-state index in [9.17, 15) is 10.2 Å². The Morgan fingerprint density at radius 3 is 2.34 bits per heavy atom. The molecule has 2 heterocycles. The monoisotopic (exact) mass is 552 g/mol. The van der Waals surface area contributed by atoms with E-state index in [0.717, 1.165) is 28.9 Å². The highest BCUT2D eigenvalue weighted by Crippen LogP contribution is 2.68. The Labute approximate surface area is 241 Å². The quantitative estimate of drug-likeness (QED) is 0.282. The van der Waals surface area contributed by atoms with Crippen LogP contribution in [0.4, 0.5) is 5.69 Å². The predicted molar refractivity (Wildman–Crippen MR) is 158 cm³/mol. The number of aliphatic hydroxyl groups excluding tert-OH is 1. The third-order valence-corrected chi connectivity index (χ3v) is 8.41. The summed E-state index contributed by atoms with van der Waals surface area (Å²) in [6, 6.07) is 25.7. The van der Waals surface area contributed by atoms with Gasteiger partial charge in [0.1, 0.15) is 17.2 Å². The first-order valence-electron chi connectivity index (χ1n) is 14.2. The van der Waals surface area contributed by atoms with E-state index in [2.05, 4.69) is 9.88 Å². The fraction of sp³-hybridized carbons (Fsp3) is 0.324. The number of nitrogens with zero attached hydrogens (tertiary/aromatic N) is 2. The summed E-state index contributed by atoms with van der Waals surface area (Å²) in [7, 11) is 2.04. The summed E-state index contributed by atoms with van der Waals surface area (Å²) in [4.78, 5) is 6.27. The molecule has 3 aromatic carbocycles. The molecule has 0 radical (unpaired) electrons. The van der Waals surface area contributed by atoms with Crippen LogP contribution in [0, 0.1) is 0 Å². The van der Waals surface area contributed by atoms with E-state index < -0.39 is 17.3 Å². The first-order valence-corrected chi connectivity index (χ1v) is 14.2. The Kier molecular flexibility index (Phi) is 7.09. The van der Waals surface area contributed by atoms with E-state index >= 15 is 0 Å². The molecule has 1 saturated carbocycles. The fourth-order valence-corrected chi connectivity index (χ4v) is 6.64. The van der Waals surface area contributed by atoms with Crippen LogP contribution in [0.15, 0.2) is 91.3 Å². The maximum atomic E-state index is 12.8. The van der Waals surface area contributed by atoms with Gasteiger partial charge in [0.2, 0.25) is 0 Å². The van der Waals surface area contributed by atoms with Gasteiger partial charge in [-0.15, -0.1) is 0 Å². The number of anilines is 1. The minimum absolute atomic E-state index is 0.322. The van der Waals surface area contributed by atoms with Gasteiger partial charge in [0.15, 0.2) is 11.2 Å². The van der Waals surface area contributed by atoms with Gasteiger partial charge in [0.25, 0.3) is 0 Å². The molecule has 41 heavy (non-hydrogen) atoms. The van der Waals surface area contributed by atoms with Gasteiger partial charge in [0.05, 0.1) is 24.9 Å². The van der Waals surface area contributed by atoms with Gasteiger partial charge in [-0.25, -0.2) is 0 Å². The minimum Gasteiger partial charge on any atom is -0.494 e. The Hall–Kier alpha value is -4.07. The van der Waals surface area contributed by atoms with Crippen LogP contribution in [0.25, 0.3) is 0 Å². The van der Waals surface area contributed by atoms with Crippen LogP contribution in [0.2, 0.25) is 0 Å². The molecule has 4 atom stereocenters. The van der Waals surface area contributed by atoms with E-state index in [0.29, 0.717) is 42.4 Å². The third kappa shape index (κ3) is 4.31. The summed E-state index contributed by atoms with van der Waals surface area (Å²) in [5.41, 5.74) is 1.35. The highest BCUT2D eigenvalue weighted by atomic mass is 16.5. The van der Waals surface area contributed by atoms with Crippen molar-refractivity contribution in [2.75, 3.05) is 25.2 Å². The fourth-order valence-electron chi connectivity index (χ4n) is 6.64. The van der Waals surface area contributed by atoms with E-state index in [4.69, 9.17) is 14.2 Å². The highest BCUT2D eigenvalue weighted by molar-refractivity contribution is 5.63. The SMILES string of the molecule is CCOc1cc(OCC)c2c(c1)O[C@@]1(c3ccc(N(C)Cc4ccncc4)cc3)[C@H](c3ccccc3)C[C@@H](O)[C@@]21O. The molecule has 4 aromatic rings. The molecule has 2 aliphatic rings. The standard InChI is InChI=1S/C34H36N2O5/c1-4-39-27-19-29(40-5-2)32-30(20-27)41-34(28(21-31(37)33(32,34)38)24-9-7-6-8-10-24)25-11-13-26(14-12-25)36(3)22-23-15-17-35-18-16-23/h6-20,28,31,37-38H,4-5,21-22H2,1-3H3/t28-,31+,33+,34-/m0/s1. The number of fused-ring (bicyclic) bond motifs is 3. The number of rotatable bonds is 9. The van der Waals surface area contributed by atoms with Crippen molar-refractivity contribution >= 4 is 5.69 Å². The zero-order valence-electron chi connectivity index (χ0n) is 23.7. The lowest BCUT2D eigenvalue weighted by Crippen LogP contribution is -2.52. The molecule has 0 amide bonds. The molecule has 0 spiro atoms. The van der Waals surface area contributed by atoms with E-state index in [1.165, 1.54) is 0 Å². The molecule has 7 heteroatoms. The molecule has 0 saturated heterocycles. The van der Waals surface area contributed by atoms with Crippen molar-refractivity contribution in [3.63, 3.8) is 0 Å². The summed E-state index contributed by atoms with van der Waals surface area (Å²) >= 11 is 0. The Morgan fingerprint density at radius 1 is 0.951 bits per heavy atom. The normalized spacial score (nSPS) is 24.3. The summed E-state index contributed by atoms with van der Waals surface area (Å²) in [6.45, 7) is 5.40. The molecule has 7 nitrogen and oxygen atoms in total. The number of ether oxygens (including phenoxy) is 3. The zero-order chi connectivity index (χ0) is 28.6. The van der Waals surface area contributed by atoms with Crippen LogP contribution in [0.5, 0.6) is 17.2 Å². The molecule has 2 N–H and O–H groups in total. The summed E-state index contributed by atoms with van der Waals surface area (Å²) < 4.78 is 18.8. The third-order valence-electron chi connectivity index (χ3n) is 8.41. The largest absolute Gasteiger partial charge is 0.494 e. The molecule has 212 valence electrons. The number of hydrogen-bond donors (Lipinski definition) is 2. The van der Waals surface area contributed by atoms with Crippen molar-refractivity contribution in [3.8, 4) is 17.2 Å². The van der Waals surface area contributed by atoms with Crippen LogP contribution in [0.3, 0.4) is 0 Å². The first kappa shape index (κ1) is 27.1. The summed E-state index contributed by atoms with van der Waals surface area (Å²) in [5.74, 6) is 1.17. The van der Waals surface area contributed by atoms with Crippen molar-refractivity contribution in [2.45, 2.75) is 50.0 Å². The molecule has 1 aliphatic heterocycles. The van der Waals surface area contributed by atoms with Gasteiger partial charge >= 0.3 is 0 Å². The van der Waals surface area contributed by atoms with Gasteiger partial charge in [-0.3, -0.25) is 4.98 Å². The van der Waals surface area contributed by atoms with Gasteiger partial charge in [0, 0.05) is 49.7 Å². The van der Waals surface area contributed by atoms with E-state index in [1.807, 2.05) is 87.6 Å². The zero-order valence-corrected chi connectivity index (χ0v) is 23.7. The van der Waals surface area contributed by atoms with Crippen LogP contribution in [-0.4, -0.2) is 41.6 Å². The second kappa shape index (κ2) is 10.7. The number of hydrogen-bond acceptors (Lipinski definition) is 7. The van der Waals surface area contributed by atoms with Crippen LogP contribution in [0.1, 0.15) is 48.4 Å². The molecule has 0 bridgehead atoms. The second-order valence-corrected chi connectivity index (χ2v) is 10.7. The Bertz CT molecular complexity index is 1500. The minimum atomic E-state index is -1.76. The molecular weight excluding hydrogens is 516 g/mol. The summed E-state index contributed by atoms with van der Waals surface area (Å²) in [6.07, 6.45) is 2.82. The van der Waals surface area contributed by atoms with E-state index in [-0.39, 0.29) is 5.92 Å². The topological polar surface area (TPSA) is 84.3 Å². The van der Waals surface area contributed by atoms with Gasteiger partial charge in [-0.1, -0.05) is 42.5 Å². The predicted octanol–water partition coefficient (Wildman–Crippen LogP) is 5.54. The first-order chi connectivity index (χ1) is 19.9. The summed E-state index contributed by atoms with van der Waals surface area (Å²) in [5, 5.41) is 24.5. The van der Waals surface area contributed by atoms with Crippen molar-refractivity contribution in [1.29, 1.82) is 0 Å². The number of pyridine rings is 1. The number of aliphatic hydroxyl groups is 2. The van der Waals surface area contributed by atoms with E-state index in [1.54, 1.807) is 24.5 Å². The number of aromatic nitrogens is 1. The number of benzene rings is 3. The van der Waals surface area contributed by atoms with Crippen molar-refractivity contribution in [1.82, 2.24) is 4.98 Å². The van der Waals surface area contributed by atoms with Crippen molar-refractivity contribution in [3.05, 3.63) is 114 Å². The van der Waals surface area contributed by atoms with Gasteiger partial charge in [-0.05, 0) is 61.2 Å². The molecule has 1 aliphatic carbocycles. The van der Waals surface area contributed by atoms with Gasteiger partial charge in [-0.2, -0.15) is 0 Å². The van der Waals surface area contributed by atoms with Crippen LogP contribution >= 0.6 is 0 Å². The average molecular weight is 553 g/mol. The molecule has 1 fully saturated rings. The van der Waals surface area contributed by atoms with Crippen molar-refractivity contribution < 1.29 is 24.4 Å². The molecule has 0 unspecified atom stereocenters. The van der Waals surface area contributed by atoms with Gasteiger partial charge < -0.3 is 29.3 Å². The highest BCUT2D eigenvalue weighted by Gasteiger charge is 2.73. The molecule has 6 rings (SSSR count). The van der Waals surface area contributed by atoms with Crippen molar-refractivity contribution in [2.24, 2.45) is 0 Å². The average Bonchev–Trinajstić information content (AvgIpc) is 3.39. The lowest BCUT2D eigenvalue weighted by Gasteiger charge is -2.41. The van der Waals surface area contributed by atoms with Crippen LogP contribution in [-0.2, 0) is 17.7 Å². The maximum Gasteiger partial charge on any atom is 0.176 e. The second-order valence-electron chi connectivity index (χ2n) is 10.7. The molecule has 1 aromatic heterocycles. The lowest BCUT2D eigenvalue weighted by molar-refractivity contribution is -0.150. The maximum absolute atomic E-state index is 12.8. The molecular formula is C34H36N2O5. The lowest BCUT2D eigenvalue weighted by atomic mass is 9.71. The Morgan fingerprint density at radius 2 is 1.66 bits per heavy atom. The van der Waals surface area contributed by atoms with Crippen LogP contribution < -0.4 is 19.1 Å². The smallest absolute Gasteiger partial charge is 0.176 e. The Balaban J connectivity index is 1.49.